The first-order valence-corrected chi connectivity index (χ1v) is 10.6. The summed E-state index contributed by atoms with van der Waals surface area (Å²) in [6, 6.07) is 14.8. The number of piperidine rings is 1. The van der Waals surface area contributed by atoms with Crippen LogP contribution >= 0.6 is 0 Å². The molecule has 2 unspecified atom stereocenters. The first-order chi connectivity index (χ1) is 13.9. The molecular formula is C25H31N3O. The zero-order chi connectivity index (χ0) is 20.5. The Kier molecular flexibility index (Phi) is 5.35. The Morgan fingerprint density at radius 1 is 1.03 bits per heavy atom. The lowest BCUT2D eigenvalue weighted by Crippen LogP contribution is -2.38. The van der Waals surface area contributed by atoms with E-state index in [2.05, 4.69) is 72.4 Å². The SMILES string of the molecule is Cc1cc(C)c2[nH]c(=O)c(CNc3ccc(N4CC(C)CC(C)C4)cc3)cc2c1. The topological polar surface area (TPSA) is 48.1 Å². The van der Waals surface area contributed by atoms with E-state index in [0.29, 0.717) is 6.54 Å². The maximum Gasteiger partial charge on any atom is 0.253 e. The lowest BCUT2D eigenvalue weighted by Gasteiger charge is -2.36. The molecule has 0 aliphatic carbocycles. The van der Waals surface area contributed by atoms with E-state index in [0.717, 1.165) is 52.6 Å². The number of aromatic nitrogens is 1. The molecule has 0 spiro atoms. The number of H-pyrrole nitrogens is 1. The van der Waals surface area contributed by atoms with Crippen LogP contribution in [0.25, 0.3) is 10.9 Å². The number of aryl methyl sites for hydroxylation is 2. The van der Waals surface area contributed by atoms with Gasteiger partial charge in [0.15, 0.2) is 0 Å². The molecule has 0 bridgehead atoms. The molecule has 152 valence electrons. The van der Waals surface area contributed by atoms with Gasteiger partial charge in [0.1, 0.15) is 0 Å². The molecule has 4 nitrogen and oxygen atoms in total. The van der Waals surface area contributed by atoms with Gasteiger partial charge in [-0.2, -0.15) is 0 Å². The fraction of sp³-hybridized carbons (Fsp3) is 0.400. The number of nitrogens with zero attached hydrogens (tertiary/aromatic N) is 1. The van der Waals surface area contributed by atoms with Crippen molar-refractivity contribution >= 4 is 22.3 Å². The van der Waals surface area contributed by atoms with Crippen molar-refractivity contribution in [3.63, 3.8) is 0 Å². The van der Waals surface area contributed by atoms with Crippen LogP contribution in [0.1, 0.15) is 37.0 Å². The molecule has 2 heterocycles. The minimum atomic E-state index is -0.0233. The molecule has 2 atom stereocenters. The minimum Gasteiger partial charge on any atom is -0.381 e. The molecule has 2 N–H and O–H groups in total. The Labute approximate surface area is 173 Å². The van der Waals surface area contributed by atoms with E-state index < -0.39 is 0 Å². The molecule has 1 aliphatic heterocycles. The van der Waals surface area contributed by atoms with Crippen molar-refractivity contribution in [3.8, 4) is 0 Å². The summed E-state index contributed by atoms with van der Waals surface area (Å²) in [5, 5.41) is 4.49. The fourth-order valence-electron chi connectivity index (χ4n) is 4.72. The van der Waals surface area contributed by atoms with Crippen LogP contribution in [0.3, 0.4) is 0 Å². The number of pyridine rings is 1. The summed E-state index contributed by atoms with van der Waals surface area (Å²) in [5.41, 5.74) is 6.29. The molecule has 0 saturated carbocycles. The van der Waals surface area contributed by atoms with Gasteiger partial charge in [0, 0.05) is 36.6 Å². The van der Waals surface area contributed by atoms with Crippen molar-refractivity contribution < 1.29 is 0 Å². The van der Waals surface area contributed by atoms with Gasteiger partial charge in [-0.3, -0.25) is 4.79 Å². The zero-order valence-corrected chi connectivity index (χ0v) is 17.9. The Hall–Kier alpha value is -2.75. The predicted molar refractivity (Wildman–Crippen MR) is 123 cm³/mol. The molecular weight excluding hydrogens is 358 g/mol. The van der Waals surface area contributed by atoms with E-state index in [9.17, 15) is 4.79 Å². The van der Waals surface area contributed by atoms with Crippen LogP contribution in [0.4, 0.5) is 11.4 Å². The normalized spacial score (nSPS) is 19.5. The Morgan fingerprint density at radius 3 is 2.41 bits per heavy atom. The van der Waals surface area contributed by atoms with Gasteiger partial charge in [0.2, 0.25) is 0 Å². The van der Waals surface area contributed by atoms with Gasteiger partial charge >= 0.3 is 0 Å². The third-order valence-electron chi connectivity index (χ3n) is 5.95. The summed E-state index contributed by atoms with van der Waals surface area (Å²) in [6.45, 7) is 11.6. The first-order valence-electron chi connectivity index (χ1n) is 10.6. The number of hydrogen-bond acceptors (Lipinski definition) is 3. The number of nitrogens with one attached hydrogen (secondary N) is 2. The van der Waals surface area contributed by atoms with Gasteiger partial charge in [0.05, 0.1) is 5.52 Å². The monoisotopic (exact) mass is 389 g/mol. The summed E-state index contributed by atoms with van der Waals surface area (Å²) in [4.78, 5) is 18.0. The molecule has 1 aliphatic rings. The third kappa shape index (κ3) is 4.31. The quantitative estimate of drug-likeness (QED) is 0.641. The van der Waals surface area contributed by atoms with Gasteiger partial charge in [-0.05, 0) is 79.5 Å². The van der Waals surface area contributed by atoms with Gasteiger partial charge < -0.3 is 15.2 Å². The standard InChI is InChI=1S/C25H31N3O/c1-16-10-19(4)24-20(11-16)12-21(25(29)27-24)13-26-22-5-7-23(8-6-22)28-14-17(2)9-18(3)15-28/h5-8,10-12,17-18,26H,9,13-15H2,1-4H3,(H,27,29). The first kappa shape index (κ1) is 19.6. The summed E-state index contributed by atoms with van der Waals surface area (Å²) >= 11 is 0. The average molecular weight is 390 g/mol. The number of rotatable bonds is 4. The third-order valence-corrected chi connectivity index (χ3v) is 5.95. The van der Waals surface area contributed by atoms with Gasteiger partial charge in [0.25, 0.3) is 5.56 Å². The van der Waals surface area contributed by atoms with Crippen molar-refractivity contribution in [1.82, 2.24) is 4.98 Å². The minimum absolute atomic E-state index is 0.0233. The molecule has 29 heavy (non-hydrogen) atoms. The molecule has 1 saturated heterocycles. The molecule has 1 fully saturated rings. The van der Waals surface area contributed by atoms with Crippen molar-refractivity contribution in [2.24, 2.45) is 11.8 Å². The van der Waals surface area contributed by atoms with Gasteiger partial charge in [-0.15, -0.1) is 0 Å². The smallest absolute Gasteiger partial charge is 0.253 e. The van der Waals surface area contributed by atoms with Gasteiger partial charge in [-0.25, -0.2) is 0 Å². The van der Waals surface area contributed by atoms with Crippen LogP contribution in [0, 0.1) is 25.7 Å². The van der Waals surface area contributed by atoms with E-state index in [4.69, 9.17) is 0 Å². The second-order valence-corrected chi connectivity index (χ2v) is 8.92. The molecule has 2 aromatic carbocycles. The summed E-state index contributed by atoms with van der Waals surface area (Å²) in [7, 11) is 0. The second kappa shape index (κ2) is 7.94. The highest BCUT2D eigenvalue weighted by atomic mass is 16.1. The Balaban J connectivity index is 1.48. The highest BCUT2D eigenvalue weighted by Gasteiger charge is 2.21. The number of benzene rings is 2. The van der Waals surface area contributed by atoms with Crippen LogP contribution in [-0.4, -0.2) is 18.1 Å². The molecule has 3 aromatic rings. The molecule has 4 rings (SSSR count). The van der Waals surface area contributed by atoms with E-state index in [1.165, 1.54) is 17.7 Å². The van der Waals surface area contributed by atoms with Crippen molar-refractivity contribution in [3.05, 3.63) is 69.5 Å². The van der Waals surface area contributed by atoms with Crippen LogP contribution in [-0.2, 0) is 6.54 Å². The lowest BCUT2D eigenvalue weighted by atomic mass is 9.91. The maximum atomic E-state index is 12.5. The van der Waals surface area contributed by atoms with Crippen LogP contribution in [0.5, 0.6) is 0 Å². The predicted octanol–water partition coefficient (Wildman–Crippen LogP) is 5.24. The zero-order valence-electron chi connectivity index (χ0n) is 17.9. The van der Waals surface area contributed by atoms with Crippen molar-refractivity contribution in [2.45, 2.75) is 40.7 Å². The molecule has 0 radical (unpaired) electrons. The molecule has 0 amide bonds. The van der Waals surface area contributed by atoms with E-state index in [1.807, 2.05) is 13.0 Å². The Bertz CT molecular complexity index is 1060. The lowest BCUT2D eigenvalue weighted by molar-refractivity contribution is 0.357. The van der Waals surface area contributed by atoms with E-state index in [1.54, 1.807) is 0 Å². The van der Waals surface area contributed by atoms with Crippen molar-refractivity contribution in [2.75, 3.05) is 23.3 Å². The molecule has 4 heteroatoms. The van der Waals surface area contributed by atoms with Crippen molar-refractivity contribution in [1.29, 1.82) is 0 Å². The average Bonchev–Trinajstić information content (AvgIpc) is 2.67. The number of anilines is 2. The highest BCUT2D eigenvalue weighted by molar-refractivity contribution is 5.82. The highest BCUT2D eigenvalue weighted by Crippen LogP contribution is 2.27. The van der Waals surface area contributed by atoms with Crippen LogP contribution < -0.4 is 15.8 Å². The van der Waals surface area contributed by atoms with E-state index >= 15 is 0 Å². The van der Waals surface area contributed by atoms with E-state index in [-0.39, 0.29) is 5.56 Å². The fourth-order valence-corrected chi connectivity index (χ4v) is 4.72. The largest absolute Gasteiger partial charge is 0.381 e. The molecule has 1 aromatic heterocycles. The second-order valence-electron chi connectivity index (χ2n) is 8.92. The van der Waals surface area contributed by atoms with Gasteiger partial charge in [-0.1, -0.05) is 25.5 Å². The number of aromatic amines is 1. The summed E-state index contributed by atoms with van der Waals surface area (Å²) in [6.07, 6.45) is 1.31. The van der Waals surface area contributed by atoms with Crippen LogP contribution in [0.15, 0.2) is 47.3 Å². The maximum absolute atomic E-state index is 12.5. The number of hydrogen-bond donors (Lipinski definition) is 2. The number of fused-ring (bicyclic) bond motifs is 1. The summed E-state index contributed by atoms with van der Waals surface area (Å²) < 4.78 is 0. The Morgan fingerprint density at radius 2 is 1.72 bits per heavy atom. The van der Waals surface area contributed by atoms with Crippen LogP contribution in [0.2, 0.25) is 0 Å². The summed E-state index contributed by atoms with van der Waals surface area (Å²) in [5.74, 6) is 1.48.